The Balaban J connectivity index is 2.33. The van der Waals surface area contributed by atoms with Crippen LogP contribution >= 0.6 is 0 Å². The van der Waals surface area contributed by atoms with Crippen molar-refractivity contribution in [2.45, 2.75) is 32.6 Å². The van der Waals surface area contributed by atoms with E-state index in [1.165, 1.54) is 0 Å². The number of fused-ring (bicyclic) bond motifs is 1. The number of hydrogen-bond acceptors (Lipinski definition) is 3. The van der Waals surface area contributed by atoms with E-state index in [9.17, 15) is 22.8 Å². The van der Waals surface area contributed by atoms with Gasteiger partial charge in [-0.1, -0.05) is 13.3 Å². The standard InChI is InChI=1S/C15H15F3O3/c1-2-3-6-21-14(20)15(13(17)18)8-9-7-10(16)4-5-11(9)12(15)19/h4-5,7,13H,2-3,6,8H2,1H3. The summed E-state index contributed by atoms with van der Waals surface area (Å²) in [6, 6.07) is 3.16. The van der Waals surface area contributed by atoms with E-state index in [1.807, 2.05) is 6.92 Å². The first-order valence-corrected chi connectivity index (χ1v) is 6.72. The maximum Gasteiger partial charge on any atom is 0.326 e. The van der Waals surface area contributed by atoms with Crippen molar-refractivity contribution in [2.75, 3.05) is 6.61 Å². The Labute approximate surface area is 120 Å². The van der Waals surface area contributed by atoms with Crippen molar-refractivity contribution in [3.05, 3.63) is 35.1 Å². The average Bonchev–Trinajstić information content (AvgIpc) is 2.72. The van der Waals surface area contributed by atoms with Crippen LogP contribution < -0.4 is 0 Å². The van der Waals surface area contributed by atoms with E-state index in [1.54, 1.807) is 0 Å². The summed E-state index contributed by atoms with van der Waals surface area (Å²) in [6.07, 6.45) is -2.47. The number of halogens is 3. The van der Waals surface area contributed by atoms with Gasteiger partial charge in [0.1, 0.15) is 5.82 Å². The number of carbonyl (C=O) groups excluding carboxylic acids is 2. The van der Waals surface area contributed by atoms with Crippen LogP contribution in [0.3, 0.4) is 0 Å². The predicted octanol–water partition coefficient (Wildman–Crippen LogP) is 3.16. The zero-order valence-corrected chi connectivity index (χ0v) is 11.5. The maximum atomic E-state index is 13.5. The molecule has 0 aliphatic heterocycles. The quantitative estimate of drug-likeness (QED) is 0.476. The van der Waals surface area contributed by atoms with Crippen LogP contribution in [0.25, 0.3) is 0 Å². The molecule has 1 aromatic carbocycles. The highest BCUT2D eigenvalue weighted by Crippen LogP contribution is 2.43. The third-order valence-electron chi connectivity index (χ3n) is 3.65. The molecule has 0 spiro atoms. The summed E-state index contributed by atoms with van der Waals surface area (Å²) in [4.78, 5) is 24.3. The first-order chi connectivity index (χ1) is 9.93. The van der Waals surface area contributed by atoms with Gasteiger partial charge in [0, 0.05) is 12.0 Å². The Morgan fingerprint density at radius 3 is 2.76 bits per heavy atom. The minimum atomic E-state index is -3.20. The summed E-state index contributed by atoms with van der Waals surface area (Å²) in [5.41, 5.74) is -2.46. The Kier molecular flexibility index (Phi) is 4.34. The van der Waals surface area contributed by atoms with Crippen LogP contribution in [0.1, 0.15) is 35.7 Å². The number of benzene rings is 1. The highest BCUT2D eigenvalue weighted by molar-refractivity contribution is 6.16. The van der Waals surface area contributed by atoms with Gasteiger partial charge in [0.25, 0.3) is 6.43 Å². The molecule has 21 heavy (non-hydrogen) atoms. The van der Waals surface area contributed by atoms with Crippen molar-refractivity contribution in [3.63, 3.8) is 0 Å². The lowest BCUT2D eigenvalue weighted by Crippen LogP contribution is -2.45. The van der Waals surface area contributed by atoms with Gasteiger partial charge in [-0.05, 0) is 30.2 Å². The Morgan fingerprint density at radius 2 is 2.14 bits per heavy atom. The SMILES string of the molecule is CCCCOC(=O)C1(C(F)F)Cc2cc(F)ccc2C1=O. The number of rotatable bonds is 5. The molecule has 3 nitrogen and oxygen atoms in total. The van der Waals surface area contributed by atoms with Gasteiger partial charge in [0.15, 0.2) is 11.2 Å². The van der Waals surface area contributed by atoms with Crippen LogP contribution in [0.5, 0.6) is 0 Å². The lowest BCUT2D eigenvalue weighted by molar-refractivity contribution is -0.160. The van der Waals surface area contributed by atoms with Crippen LogP contribution in [0, 0.1) is 11.2 Å². The van der Waals surface area contributed by atoms with Gasteiger partial charge in [0.05, 0.1) is 6.61 Å². The molecule has 1 aromatic rings. The molecule has 0 N–H and O–H groups in total. The summed E-state index contributed by atoms with van der Waals surface area (Å²) in [5, 5.41) is 0. The van der Waals surface area contributed by atoms with E-state index < -0.39 is 35.8 Å². The second kappa shape index (κ2) is 5.87. The van der Waals surface area contributed by atoms with Crippen molar-refractivity contribution in [1.29, 1.82) is 0 Å². The zero-order chi connectivity index (χ0) is 15.6. The van der Waals surface area contributed by atoms with Gasteiger partial charge in [-0.2, -0.15) is 0 Å². The molecule has 0 heterocycles. The van der Waals surface area contributed by atoms with E-state index in [4.69, 9.17) is 4.74 Å². The van der Waals surface area contributed by atoms with Gasteiger partial charge in [-0.3, -0.25) is 9.59 Å². The fourth-order valence-corrected chi connectivity index (χ4v) is 2.42. The zero-order valence-electron chi connectivity index (χ0n) is 11.5. The third kappa shape index (κ3) is 2.54. The molecule has 0 amide bonds. The summed E-state index contributed by atoms with van der Waals surface area (Å²) in [5.74, 6) is -2.85. The number of ether oxygens (including phenoxy) is 1. The molecule has 0 aromatic heterocycles. The number of hydrogen-bond donors (Lipinski definition) is 0. The first-order valence-electron chi connectivity index (χ1n) is 6.72. The molecule has 6 heteroatoms. The monoisotopic (exact) mass is 300 g/mol. The summed E-state index contributed by atoms with van der Waals surface area (Å²) in [6.45, 7) is 1.85. The van der Waals surface area contributed by atoms with E-state index in [0.29, 0.717) is 6.42 Å². The number of ketones is 1. The highest BCUT2D eigenvalue weighted by atomic mass is 19.3. The summed E-state index contributed by atoms with van der Waals surface area (Å²) < 4.78 is 44.9. The van der Waals surface area contributed by atoms with Crippen molar-refractivity contribution in [3.8, 4) is 0 Å². The lowest BCUT2D eigenvalue weighted by atomic mass is 9.84. The van der Waals surface area contributed by atoms with E-state index >= 15 is 0 Å². The molecular weight excluding hydrogens is 285 g/mol. The lowest BCUT2D eigenvalue weighted by Gasteiger charge is -2.24. The maximum absolute atomic E-state index is 13.5. The van der Waals surface area contributed by atoms with Crippen LogP contribution in [-0.2, 0) is 16.0 Å². The molecule has 0 bridgehead atoms. The molecular formula is C15H15F3O3. The third-order valence-corrected chi connectivity index (χ3v) is 3.65. The molecule has 2 rings (SSSR count). The second-order valence-corrected chi connectivity index (χ2v) is 5.07. The van der Waals surface area contributed by atoms with E-state index in [-0.39, 0.29) is 17.7 Å². The summed E-state index contributed by atoms with van der Waals surface area (Å²) in [7, 11) is 0. The van der Waals surface area contributed by atoms with E-state index in [2.05, 4.69) is 0 Å². The number of unbranched alkanes of at least 4 members (excludes halogenated alkanes) is 1. The molecule has 1 atom stereocenters. The Bertz CT molecular complexity index is 571. The number of Topliss-reactive ketones (excluding diaryl/α,β-unsaturated/α-hetero) is 1. The fourth-order valence-electron chi connectivity index (χ4n) is 2.42. The molecule has 0 saturated heterocycles. The van der Waals surface area contributed by atoms with Crippen LogP contribution in [-0.4, -0.2) is 24.8 Å². The number of carbonyl (C=O) groups is 2. The van der Waals surface area contributed by atoms with Gasteiger partial charge >= 0.3 is 5.97 Å². The van der Waals surface area contributed by atoms with Crippen molar-refractivity contribution in [1.82, 2.24) is 0 Å². The molecule has 0 fully saturated rings. The van der Waals surface area contributed by atoms with Gasteiger partial charge < -0.3 is 4.74 Å². The molecule has 1 aliphatic carbocycles. The average molecular weight is 300 g/mol. The largest absolute Gasteiger partial charge is 0.465 e. The molecule has 114 valence electrons. The van der Waals surface area contributed by atoms with Crippen molar-refractivity contribution >= 4 is 11.8 Å². The molecule has 0 saturated carbocycles. The molecule has 1 aliphatic rings. The van der Waals surface area contributed by atoms with Gasteiger partial charge in [0.2, 0.25) is 0 Å². The van der Waals surface area contributed by atoms with Crippen molar-refractivity contribution in [2.24, 2.45) is 5.41 Å². The second-order valence-electron chi connectivity index (χ2n) is 5.07. The normalized spacial score (nSPS) is 20.7. The first kappa shape index (κ1) is 15.5. The minimum Gasteiger partial charge on any atom is -0.465 e. The Morgan fingerprint density at radius 1 is 1.43 bits per heavy atom. The molecule has 1 unspecified atom stereocenters. The van der Waals surface area contributed by atoms with Crippen molar-refractivity contribution < 1.29 is 27.5 Å². The number of alkyl halides is 2. The minimum absolute atomic E-state index is 0.0121. The van der Waals surface area contributed by atoms with Crippen LogP contribution in [0.2, 0.25) is 0 Å². The van der Waals surface area contributed by atoms with Crippen LogP contribution in [0.15, 0.2) is 18.2 Å². The Hall–Kier alpha value is -1.85. The summed E-state index contributed by atoms with van der Waals surface area (Å²) >= 11 is 0. The van der Waals surface area contributed by atoms with Crippen LogP contribution in [0.4, 0.5) is 13.2 Å². The fraction of sp³-hybridized carbons (Fsp3) is 0.467. The predicted molar refractivity (Wildman–Crippen MR) is 68.7 cm³/mol. The van der Waals surface area contributed by atoms with Gasteiger partial charge in [-0.25, -0.2) is 13.2 Å². The van der Waals surface area contributed by atoms with Gasteiger partial charge in [-0.15, -0.1) is 0 Å². The molecule has 0 radical (unpaired) electrons. The topological polar surface area (TPSA) is 43.4 Å². The van der Waals surface area contributed by atoms with E-state index in [0.717, 1.165) is 24.6 Å². The highest BCUT2D eigenvalue weighted by Gasteiger charge is 2.59. The smallest absolute Gasteiger partial charge is 0.326 e. The number of esters is 1.